The van der Waals surface area contributed by atoms with E-state index in [-0.39, 0.29) is 11.5 Å². The second kappa shape index (κ2) is 6.54. The fraction of sp³-hybridized carbons (Fsp3) is 0.455. The summed E-state index contributed by atoms with van der Waals surface area (Å²) in [5.41, 5.74) is 0. The van der Waals surface area contributed by atoms with Gasteiger partial charge in [0.25, 0.3) is 10.1 Å². The fourth-order valence-corrected chi connectivity index (χ4v) is 3.02. The van der Waals surface area contributed by atoms with E-state index in [1.165, 1.54) is 18.3 Å². The zero-order valence-electron chi connectivity index (χ0n) is 9.77. The topological polar surface area (TPSA) is 43.4 Å². The summed E-state index contributed by atoms with van der Waals surface area (Å²) in [5, 5.41) is 0. The van der Waals surface area contributed by atoms with Crippen LogP contribution in [0.4, 0.5) is 0 Å². The number of hydrogen-bond donors (Lipinski definition) is 0. The Hall–Kier alpha value is -0.360. The molecule has 3 nitrogen and oxygen atoms in total. The van der Waals surface area contributed by atoms with Crippen LogP contribution in [0.1, 0.15) is 31.6 Å². The van der Waals surface area contributed by atoms with Crippen LogP contribution < -0.4 is 0 Å². The van der Waals surface area contributed by atoms with E-state index in [2.05, 4.69) is 0 Å². The van der Waals surface area contributed by atoms with Crippen molar-refractivity contribution in [2.24, 2.45) is 0 Å². The first-order valence-corrected chi connectivity index (χ1v) is 7.89. The lowest BCUT2D eigenvalue weighted by Crippen LogP contribution is -2.07. The molecule has 0 N–H and O–H groups in total. The van der Waals surface area contributed by atoms with Gasteiger partial charge < -0.3 is 0 Å². The van der Waals surface area contributed by atoms with Crippen LogP contribution in [0.15, 0.2) is 17.0 Å². The highest BCUT2D eigenvalue weighted by Crippen LogP contribution is 2.24. The molecule has 0 radical (unpaired) electrons. The lowest BCUT2D eigenvalue weighted by atomic mass is 10.4. The first kappa shape index (κ1) is 14.7. The van der Waals surface area contributed by atoms with Crippen LogP contribution in [-0.2, 0) is 14.3 Å². The van der Waals surface area contributed by atoms with Crippen LogP contribution >= 0.6 is 22.9 Å². The summed E-state index contributed by atoms with van der Waals surface area (Å²) in [5.74, 6) is 0. The lowest BCUT2D eigenvalue weighted by Gasteiger charge is -2.04. The predicted octanol–water partition coefficient (Wildman–Crippen LogP) is 3.91. The van der Waals surface area contributed by atoms with Gasteiger partial charge in [0.05, 0.1) is 15.8 Å². The highest BCUT2D eigenvalue weighted by atomic mass is 35.5. The Kier molecular flexibility index (Phi) is 5.66. The Morgan fingerprint density at radius 3 is 2.76 bits per heavy atom. The quantitative estimate of drug-likeness (QED) is 0.590. The Labute approximate surface area is 111 Å². The van der Waals surface area contributed by atoms with Gasteiger partial charge in [-0.2, -0.15) is 8.42 Å². The minimum Gasteiger partial charge on any atom is -0.267 e. The van der Waals surface area contributed by atoms with Crippen LogP contribution in [0, 0.1) is 0 Å². The molecule has 1 heterocycles. The zero-order valence-corrected chi connectivity index (χ0v) is 12.2. The maximum atomic E-state index is 11.7. The van der Waals surface area contributed by atoms with E-state index in [9.17, 15) is 8.42 Å². The SMILES string of the molecule is CCCCOS(=O)(=O)/C(C)=C/c1ccc(Cl)s1. The third kappa shape index (κ3) is 4.79. The summed E-state index contributed by atoms with van der Waals surface area (Å²) < 4.78 is 28.9. The van der Waals surface area contributed by atoms with Crippen molar-refractivity contribution in [2.75, 3.05) is 6.61 Å². The Morgan fingerprint density at radius 1 is 1.53 bits per heavy atom. The van der Waals surface area contributed by atoms with Gasteiger partial charge in [0.15, 0.2) is 0 Å². The molecule has 0 fully saturated rings. The predicted molar refractivity (Wildman–Crippen MR) is 72.8 cm³/mol. The Bertz CT molecular complexity index is 489. The minimum atomic E-state index is -3.60. The Morgan fingerprint density at radius 2 is 2.24 bits per heavy atom. The average Bonchev–Trinajstić information content (AvgIpc) is 2.64. The summed E-state index contributed by atoms with van der Waals surface area (Å²) in [7, 11) is -3.60. The van der Waals surface area contributed by atoms with Crippen molar-refractivity contribution in [3.05, 3.63) is 26.3 Å². The number of allylic oxidation sites excluding steroid dienone is 1. The van der Waals surface area contributed by atoms with Gasteiger partial charge in [0, 0.05) is 4.88 Å². The van der Waals surface area contributed by atoms with Crippen molar-refractivity contribution in [3.63, 3.8) is 0 Å². The van der Waals surface area contributed by atoms with Crippen molar-refractivity contribution in [1.82, 2.24) is 0 Å². The van der Waals surface area contributed by atoms with Gasteiger partial charge in [0.2, 0.25) is 0 Å². The standard InChI is InChI=1S/C11H15ClO3S2/c1-3-4-7-15-17(13,14)9(2)8-10-5-6-11(12)16-10/h5-6,8H,3-4,7H2,1-2H3/b9-8+. The monoisotopic (exact) mass is 294 g/mol. The summed E-state index contributed by atoms with van der Waals surface area (Å²) in [6.45, 7) is 3.73. The molecule has 1 aromatic rings. The molecule has 0 aliphatic rings. The van der Waals surface area contributed by atoms with Crippen molar-refractivity contribution < 1.29 is 12.6 Å². The average molecular weight is 295 g/mol. The summed E-state index contributed by atoms with van der Waals surface area (Å²) in [6, 6.07) is 3.51. The maximum Gasteiger partial charge on any atom is 0.292 e. The summed E-state index contributed by atoms with van der Waals surface area (Å²) in [6.07, 6.45) is 3.20. The van der Waals surface area contributed by atoms with E-state index in [1.807, 2.05) is 6.92 Å². The van der Waals surface area contributed by atoms with Gasteiger partial charge in [0.1, 0.15) is 0 Å². The first-order chi connectivity index (χ1) is 7.95. The number of rotatable bonds is 6. The zero-order chi connectivity index (χ0) is 12.9. The van der Waals surface area contributed by atoms with E-state index in [0.29, 0.717) is 4.34 Å². The van der Waals surface area contributed by atoms with E-state index in [0.717, 1.165) is 17.7 Å². The molecule has 0 aromatic carbocycles. The summed E-state index contributed by atoms with van der Waals surface area (Å²) in [4.78, 5) is 1.00. The van der Waals surface area contributed by atoms with E-state index in [4.69, 9.17) is 15.8 Å². The second-order valence-electron chi connectivity index (χ2n) is 3.53. The van der Waals surface area contributed by atoms with Crippen molar-refractivity contribution in [3.8, 4) is 0 Å². The third-order valence-electron chi connectivity index (χ3n) is 2.07. The first-order valence-electron chi connectivity index (χ1n) is 5.29. The molecule has 0 saturated carbocycles. The molecule has 1 aromatic heterocycles. The fourth-order valence-electron chi connectivity index (χ4n) is 1.08. The van der Waals surface area contributed by atoms with Crippen molar-refractivity contribution in [2.45, 2.75) is 26.7 Å². The van der Waals surface area contributed by atoms with Gasteiger partial charge in [-0.3, -0.25) is 4.18 Å². The molecule has 0 amide bonds. The number of hydrogen-bond acceptors (Lipinski definition) is 4. The smallest absolute Gasteiger partial charge is 0.267 e. The molecule has 0 atom stereocenters. The van der Waals surface area contributed by atoms with Crippen LogP contribution in [0.5, 0.6) is 0 Å². The van der Waals surface area contributed by atoms with Crippen LogP contribution in [0.25, 0.3) is 6.08 Å². The molecule has 17 heavy (non-hydrogen) atoms. The molecule has 0 aliphatic carbocycles. The van der Waals surface area contributed by atoms with Crippen molar-refractivity contribution >= 4 is 39.1 Å². The Balaban J connectivity index is 2.74. The minimum absolute atomic E-state index is 0.201. The van der Waals surface area contributed by atoms with Gasteiger partial charge >= 0.3 is 0 Å². The van der Waals surface area contributed by atoms with Crippen LogP contribution in [0.2, 0.25) is 4.34 Å². The molecular formula is C11H15ClO3S2. The molecule has 0 saturated heterocycles. The maximum absolute atomic E-state index is 11.7. The van der Waals surface area contributed by atoms with E-state index < -0.39 is 10.1 Å². The van der Waals surface area contributed by atoms with Crippen LogP contribution in [-0.4, -0.2) is 15.0 Å². The highest BCUT2D eigenvalue weighted by molar-refractivity contribution is 7.90. The van der Waals surface area contributed by atoms with Crippen LogP contribution in [0.3, 0.4) is 0 Å². The molecule has 0 aliphatic heterocycles. The van der Waals surface area contributed by atoms with Gasteiger partial charge in [-0.05, 0) is 31.6 Å². The van der Waals surface area contributed by atoms with Gasteiger partial charge in [-0.25, -0.2) is 0 Å². The number of thiophene rings is 1. The number of halogens is 1. The van der Waals surface area contributed by atoms with Gasteiger partial charge in [-0.15, -0.1) is 11.3 Å². The normalized spacial score (nSPS) is 13.0. The molecule has 0 bridgehead atoms. The summed E-state index contributed by atoms with van der Waals surface area (Å²) >= 11 is 7.10. The lowest BCUT2D eigenvalue weighted by molar-refractivity contribution is 0.315. The molecule has 96 valence electrons. The second-order valence-corrected chi connectivity index (χ2v) is 7.06. The largest absolute Gasteiger partial charge is 0.292 e. The molecule has 0 spiro atoms. The third-order valence-corrected chi connectivity index (χ3v) is 4.63. The number of unbranched alkanes of at least 4 members (excludes halogenated alkanes) is 1. The molecule has 6 heteroatoms. The molecular weight excluding hydrogens is 280 g/mol. The molecule has 0 unspecified atom stereocenters. The van der Waals surface area contributed by atoms with Crippen molar-refractivity contribution in [1.29, 1.82) is 0 Å². The van der Waals surface area contributed by atoms with Gasteiger partial charge in [-0.1, -0.05) is 24.9 Å². The van der Waals surface area contributed by atoms with E-state index in [1.54, 1.807) is 18.2 Å². The molecule has 1 rings (SSSR count). The van der Waals surface area contributed by atoms with E-state index >= 15 is 0 Å². The highest BCUT2D eigenvalue weighted by Gasteiger charge is 2.14.